The van der Waals surface area contributed by atoms with Gasteiger partial charge in [0.2, 0.25) is 5.78 Å². The van der Waals surface area contributed by atoms with E-state index in [2.05, 4.69) is 4.98 Å². The molecular formula is C32H31N3O5. The van der Waals surface area contributed by atoms with Crippen LogP contribution in [0.2, 0.25) is 0 Å². The van der Waals surface area contributed by atoms with Crippen molar-refractivity contribution in [1.29, 1.82) is 0 Å². The second-order valence-corrected chi connectivity index (χ2v) is 9.25. The molecule has 0 atom stereocenters. The summed E-state index contributed by atoms with van der Waals surface area (Å²) in [4.78, 5) is 23.1. The summed E-state index contributed by atoms with van der Waals surface area (Å²) in [6.45, 7) is 0.594. The van der Waals surface area contributed by atoms with Crippen molar-refractivity contribution >= 4 is 16.7 Å². The molecular weight excluding hydrogens is 506 g/mol. The lowest BCUT2D eigenvalue weighted by Crippen LogP contribution is -2.12. The monoisotopic (exact) mass is 537 g/mol. The highest BCUT2D eigenvalue weighted by Crippen LogP contribution is 2.30. The minimum atomic E-state index is -0.202. The number of hydrogen-bond donors (Lipinski definition) is 0. The fraction of sp³-hybridized carbons (Fsp3) is 0.219. The number of para-hydroxylation sites is 1. The number of fused-ring (bicyclic) bond motifs is 1. The van der Waals surface area contributed by atoms with Gasteiger partial charge in [0.05, 0.1) is 39.6 Å². The van der Waals surface area contributed by atoms with Crippen LogP contribution in [0.5, 0.6) is 23.0 Å². The maximum absolute atomic E-state index is 13.8. The highest BCUT2D eigenvalue weighted by Gasteiger charge is 2.20. The molecule has 3 aromatic carbocycles. The van der Waals surface area contributed by atoms with E-state index in [0.717, 1.165) is 34.9 Å². The molecule has 8 nitrogen and oxygen atoms in total. The summed E-state index contributed by atoms with van der Waals surface area (Å²) < 4.78 is 23.5. The minimum absolute atomic E-state index is 0.202. The van der Waals surface area contributed by atoms with Gasteiger partial charge < -0.3 is 23.5 Å². The zero-order valence-electron chi connectivity index (χ0n) is 23.0. The largest absolute Gasteiger partial charge is 0.493 e. The number of benzene rings is 3. The predicted octanol–water partition coefficient (Wildman–Crippen LogP) is 6.00. The van der Waals surface area contributed by atoms with Crippen molar-refractivity contribution in [2.75, 3.05) is 28.4 Å². The van der Waals surface area contributed by atoms with Crippen LogP contribution in [0.3, 0.4) is 0 Å². The van der Waals surface area contributed by atoms with E-state index in [0.29, 0.717) is 46.6 Å². The van der Waals surface area contributed by atoms with Crippen molar-refractivity contribution < 1.29 is 23.7 Å². The molecule has 0 saturated carbocycles. The molecule has 0 unspecified atom stereocenters. The number of nitrogens with zero attached hydrogens (tertiary/aromatic N) is 3. The van der Waals surface area contributed by atoms with Crippen molar-refractivity contribution in [2.24, 2.45) is 0 Å². The Morgan fingerprint density at radius 3 is 2.25 bits per heavy atom. The third-order valence-corrected chi connectivity index (χ3v) is 6.82. The van der Waals surface area contributed by atoms with Gasteiger partial charge in [-0.25, -0.2) is 4.98 Å². The molecule has 0 bridgehead atoms. The molecule has 5 aromatic rings. The fourth-order valence-corrected chi connectivity index (χ4v) is 4.71. The smallest absolute Gasteiger partial charge is 0.228 e. The Hall–Kier alpha value is -4.85. The Morgan fingerprint density at radius 1 is 0.800 bits per heavy atom. The van der Waals surface area contributed by atoms with E-state index in [1.165, 1.54) is 0 Å². The fourth-order valence-electron chi connectivity index (χ4n) is 4.71. The number of ether oxygens (including phenoxy) is 4. The predicted molar refractivity (Wildman–Crippen MR) is 154 cm³/mol. The Balaban J connectivity index is 1.47. The summed E-state index contributed by atoms with van der Waals surface area (Å²) in [7, 11) is 6.36. The van der Waals surface area contributed by atoms with Crippen LogP contribution in [0.4, 0.5) is 0 Å². The lowest BCUT2D eigenvalue weighted by atomic mass is 10.1. The molecule has 0 spiro atoms. The third-order valence-electron chi connectivity index (χ3n) is 6.82. The first kappa shape index (κ1) is 26.7. The van der Waals surface area contributed by atoms with Gasteiger partial charge in [0.15, 0.2) is 28.8 Å². The van der Waals surface area contributed by atoms with Gasteiger partial charge in [-0.1, -0.05) is 24.3 Å². The molecule has 0 radical (unpaired) electrons. The number of carbonyl (C=O) groups excluding carboxylic acids is 1. The molecule has 0 aliphatic carbocycles. The maximum Gasteiger partial charge on any atom is 0.228 e. The van der Waals surface area contributed by atoms with E-state index in [4.69, 9.17) is 23.9 Å². The summed E-state index contributed by atoms with van der Waals surface area (Å²) in [6, 6.07) is 21.0. The third kappa shape index (κ3) is 5.47. The number of aryl methyl sites for hydroxylation is 2. The number of pyridine rings is 1. The second kappa shape index (κ2) is 11.9. The van der Waals surface area contributed by atoms with Crippen molar-refractivity contribution in [3.63, 3.8) is 0 Å². The number of ketones is 1. The van der Waals surface area contributed by atoms with Crippen molar-refractivity contribution in [1.82, 2.24) is 14.5 Å². The lowest BCUT2D eigenvalue weighted by molar-refractivity contribution is 0.102. The first-order chi connectivity index (χ1) is 19.5. The zero-order chi connectivity index (χ0) is 28.1. The van der Waals surface area contributed by atoms with E-state index in [1.807, 2.05) is 59.3 Å². The molecule has 40 heavy (non-hydrogen) atoms. The summed E-state index contributed by atoms with van der Waals surface area (Å²) >= 11 is 0. The Kier molecular flexibility index (Phi) is 7.96. The number of imidazole rings is 1. The standard InChI is InChI=1S/C32H31N3O5/c1-37-27-13-11-21(16-29(27)39-3)8-7-15-35-20-26(24-17-22-9-5-6-10-25(22)33-19-24)34-32(35)31(36)23-12-14-28(38-2)30(18-23)40-4/h5-6,9-14,16-20H,7-8,15H2,1-4H3. The number of methoxy groups -OCH3 is 4. The van der Waals surface area contributed by atoms with Gasteiger partial charge in [0, 0.05) is 35.5 Å². The number of carbonyl (C=O) groups is 1. The van der Waals surface area contributed by atoms with Gasteiger partial charge in [-0.3, -0.25) is 9.78 Å². The molecule has 0 amide bonds. The van der Waals surface area contributed by atoms with Crippen LogP contribution < -0.4 is 18.9 Å². The summed E-state index contributed by atoms with van der Waals surface area (Å²) in [5.41, 5.74) is 4.02. The van der Waals surface area contributed by atoms with Crippen LogP contribution in [-0.2, 0) is 13.0 Å². The Bertz CT molecular complexity index is 1660. The molecule has 5 rings (SSSR count). The minimum Gasteiger partial charge on any atom is -0.493 e. The molecule has 0 aliphatic rings. The van der Waals surface area contributed by atoms with Crippen LogP contribution in [0.15, 0.2) is 79.1 Å². The molecule has 2 aromatic heterocycles. The van der Waals surface area contributed by atoms with Crippen molar-refractivity contribution in [3.8, 4) is 34.3 Å². The van der Waals surface area contributed by atoms with E-state index < -0.39 is 0 Å². The summed E-state index contributed by atoms with van der Waals surface area (Å²) in [6.07, 6.45) is 5.29. The van der Waals surface area contributed by atoms with E-state index >= 15 is 0 Å². The SMILES string of the molecule is COc1ccc(CCCn2cc(-c3cnc4ccccc4c3)nc2C(=O)c2ccc(OC)c(OC)c2)cc1OC. The summed E-state index contributed by atoms with van der Waals surface area (Å²) in [5, 5.41) is 1.01. The molecule has 0 fully saturated rings. The molecule has 8 heteroatoms. The van der Waals surface area contributed by atoms with Crippen LogP contribution in [0, 0.1) is 0 Å². The molecule has 204 valence electrons. The lowest BCUT2D eigenvalue weighted by Gasteiger charge is -2.11. The van der Waals surface area contributed by atoms with Gasteiger partial charge in [-0.15, -0.1) is 0 Å². The van der Waals surface area contributed by atoms with Crippen molar-refractivity contribution in [3.05, 3.63) is 96.1 Å². The first-order valence-electron chi connectivity index (χ1n) is 12.9. The highest BCUT2D eigenvalue weighted by molar-refractivity contribution is 6.07. The highest BCUT2D eigenvalue weighted by atomic mass is 16.5. The van der Waals surface area contributed by atoms with Crippen molar-refractivity contribution in [2.45, 2.75) is 19.4 Å². The van der Waals surface area contributed by atoms with Gasteiger partial charge in [-0.05, 0) is 60.9 Å². The average molecular weight is 538 g/mol. The van der Waals surface area contributed by atoms with E-state index in [-0.39, 0.29) is 5.78 Å². The summed E-state index contributed by atoms with van der Waals surface area (Å²) in [5.74, 6) is 2.57. The molecule has 2 heterocycles. The molecule has 0 aliphatic heterocycles. The Morgan fingerprint density at radius 2 is 1.50 bits per heavy atom. The zero-order valence-corrected chi connectivity index (χ0v) is 23.0. The number of rotatable bonds is 11. The second-order valence-electron chi connectivity index (χ2n) is 9.25. The van der Waals surface area contributed by atoms with Gasteiger partial charge >= 0.3 is 0 Å². The van der Waals surface area contributed by atoms with Gasteiger partial charge in [0.1, 0.15) is 0 Å². The molecule has 0 N–H and O–H groups in total. The topological polar surface area (TPSA) is 84.7 Å². The quantitative estimate of drug-likeness (QED) is 0.191. The van der Waals surface area contributed by atoms with Crippen LogP contribution >= 0.6 is 0 Å². The normalized spacial score (nSPS) is 10.9. The molecule has 0 saturated heterocycles. The van der Waals surface area contributed by atoms with E-state index in [1.54, 1.807) is 52.8 Å². The first-order valence-corrected chi connectivity index (χ1v) is 12.9. The maximum atomic E-state index is 13.8. The Labute approximate surface area is 233 Å². The number of aromatic nitrogens is 3. The average Bonchev–Trinajstić information content (AvgIpc) is 3.44. The van der Waals surface area contributed by atoms with E-state index in [9.17, 15) is 4.79 Å². The van der Waals surface area contributed by atoms with Crippen LogP contribution in [0.25, 0.3) is 22.2 Å². The van der Waals surface area contributed by atoms with Crippen LogP contribution in [0.1, 0.15) is 28.2 Å². The van der Waals surface area contributed by atoms with Crippen LogP contribution in [-0.4, -0.2) is 48.8 Å². The van der Waals surface area contributed by atoms with Gasteiger partial charge in [0.25, 0.3) is 0 Å². The number of hydrogen-bond acceptors (Lipinski definition) is 7. The van der Waals surface area contributed by atoms with Gasteiger partial charge in [-0.2, -0.15) is 0 Å².